The van der Waals surface area contributed by atoms with Crippen molar-refractivity contribution in [1.29, 1.82) is 0 Å². The van der Waals surface area contributed by atoms with Crippen LogP contribution in [0.15, 0.2) is 29.2 Å². The average molecular weight is 341 g/mol. The van der Waals surface area contributed by atoms with Crippen LogP contribution in [0, 0.1) is 0 Å². The van der Waals surface area contributed by atoms with Crippen molar-refractivity contribution >= 4 is 41.1 Å². The zero-order valence-corrected chi connectivity index (χ0v) is 13.6. The van der Waals surface area contributed by atoms with Crippen LogP contribution in [-0.2, 0) is 14.4 Å². The van der Waals surface area contributed by atoms with Crippen molar-refractivity contribution in [2.45, 2.75) is 24.2 Å². The SMILES string of the molecule is O=C(CCSc1ccccc1Cl)NCCN1C(=O)CCC1=O. The Morgan fingerprint density at radius 1 is 1.23 bits per heavy atom. The number of hydrogen-bond donors (Lipinski definition) is 1. The van der Waals surface area contributed by atoms with Crippen LogP contribution < -0.4 is 5.32 Å². The normalized spacial score (nSPS) is 14.5. The van der Waals surface area contributed by atoms with E-state index in [0.29, 0.717) is 23.7 Å². The van der Waals surface area contributed by atoms with Crippen LogP contribution in [0.5, 0.6) is 0 Å². The van der Waals surface area contributed by atoms with E-state index in [-0.39, 0.29) is 37.1 Å². The molecule has 0 saturated carbocycles. The number of benzene rings is 1. The molecule has 0 aliphatic carbocycles. The molecule has 1 aromatic rings. The topological polar surface area (TPSA) is 66.5 Å². The molecule has 1 saturated heterocycles. The van der Waals surface area contributed by atoms with E-state index >= 15 is 0 Å². The number of nitrogens with one attached hydrogen (secondary N) is 1. The summed E-state index contributed by atoms with van der Waals surface area (Å²) < 4.78 is 0. The molecule has 0 bridgehead atoms. The number of thioether (sulfide) groups is 1. The van der Waals surface area contributed by atoms with Gasteiger partial charge in [-0.15, -0.1) is 11.8 Å². The molecule has 0 spiro atoms. The Morgan fingerprint density at radius 2 is 1.91 bits per heavy atom. The van der Waals surface area contributed by atoms with E-state index in [1.807, 2.05) is 24.3 Å². The number of amides is 3. The van der Waals surface area contributed by atoms with Crippen molar-refractivity contribution < 1.29 is 14.4 Å². The molecule has 1 heterocycles. The van der Waals surface area contributed by atoms with Gasteiger partial charge in [0, 0.05) is 43.0 Å². The quantitative estimate of drug-likeness (QED) is 0.609. The summed E-state index contributed by atoms with van der Waals surface area (Å²) in [4.78, 5) is 36.7. The van der Waals surface area contributed by atoms with Crippen LogP contribution in [0.4, 0.5) is 0 Å². The molecule has 1 aliphatic heterocycles. The van der Waals surface area contributed by atoms with Gasteiger partial charge in [0.2, 0.25) is 17.7 Å². The molecule has 1 fully saturated rings. The van der Waals surface area contributed by atoms with E-state index in [9.17, 15) is 14.4 Å². The second-order valence-corrected chi connectivity index (χ2v) is 6.36. The molecule has 1 aliphatic rings. The minimum absolute atomic E-state index is 0.0985. The second-order valence-electron chi connectivity index (χ2n) is 4.82. The lowest BCUT2D eigenvalue weighted by molar-refractivity contribution is -0.138. The maximum absolute atomic E-state index is 11.7. The maximum Gasteiger partial charge on any atom is 0.229 e. The fourth-order valence-corrected chi connectivity index (χ4v) is 3.27. The zero-order chi connectivity index (χ0) is 15.9. The van der Waals surface area contributed by atoms with E-state index in [1.54, 1.807) is 0 Å². The number of imide groups is 1. The fraction of sp³-hybridized carbons (Fsp3) is 0.400. The Bertz CT molecular complexity index is 564. The van der Waals surface area contributed by atoms with Crippen LogP contribution in [-0.4, -0.2) is 41.5 Å². The third-order valence-electron chi connectivity index (χ3n) is 3.24. The van der Waals surface area contributed by atoms with Crippen LogP contribution in [0.25, 0.3) is 0 Å². The summed E-state index contributed by atoms with van der Waals surface area (Å²) in [5, 5.41) is 3.40. The molecule has 1 N–H and O–H groups in total. The molecule has 3 amide bonds. The lowest BCUT2D eigenvalue weighted by Gasteiger charge is -2.13. The lowest BCUT2D eigenvalue weighted by Crippen LogP contribution is -2.37. The number of nitrogens with zero attached hydrogens (tertiary/aromatic N) is 1. The molecule has 1 aromatic carbocycles. The smallest absolute Gasteiger partial charge is 0.229 e. The highest BCUT2D eigenvalue weighted by atomic mass is 35.5. The third-order valence-corrected chi connectivity index (χ3v) is 4.75. The van der Waals surface area contributed by atoms with Gasteiger partial charge in [0.05, 0.1) is 5.02 Å². The van der Waals surface area contributed by atoms with Crippen LogP contribution in [0.1, 0.15) is 19.3 Å². The van der Waals surface area contributed by atoms with Gasteiger partial charge in [-0.3, -0.25) is 19.3 Å². The number of likely N-dealkylation sites (tertiary alicyclic amines) is 1. The van der Waals surface area contributed by atoms with Gasteiger partial charge < -0.3 is 5.32 Å². The van der Waals surface area contributed by atoms with Gasteiger partial charge >= 0.3 is 0 Å². The third kappa shape index (κ3) is 4.74. The maximum atomic E-state index is 11.7. The fourth-order valence-electron chi connectivity index (χ4n) is 2.08. The van der Waals surface area contributed by atoms with Gasteiger partial charge in [0.25, 0.3) is 0 Å². The zero-order valence-electron chi connectivity index (χ0n) is 12.0. The minimum Gasteiger partial charge on any atom is -0.354 e. The molecular weight excluding hydrogens is 324 g/mol. The van der Waals surface area contributed by atoms with E-state index in [1.165, 1.54) is 16.7 Å². The van der Waals surface area contributed by atoms with Crippen LogP contribution in [0.3, 0.4) is 0 Å². The lowest BCUT2D eigenvalue weighted by atomic mass is 10.4. The highest BCUT2D eigenvalue weighted by Crippen LogP contribution is 2.26. The number of halogens is 1. The molecule has 118 valence electrons. The Labute approximate surface area is 138 Å². The summed E-state index contributed by atoms with van der Waals surface area (Å²) in [5.74, 6) is 0.206. The van der Waals surface area contributed by atoms with Gasteiger partial charge in [-0.2, -0.15) is 0 Å². The van der Waals surface area contributed by atoms with Crippen molar-refractivity contribution in [3.05, 3.63) is 29.3 Å². The molecule has 0 aromatic heterocycles. The Hall–Kier alpha value is -1.53. The van der Waals surface area contributed by atoms with Gasteiger partial charge in [-0.25, -0.2) is 0 Å². The Kier molecular flexibility index (Phi) is 6.27. The second kappa shape index (κ2) is 8.19. The number of rotatable bonds is 7. The molecular formula is C15H17ClN2O3S. The predicted octanol–water partition coefficient (Wildman–Crippen LogP) is 2.09. The highest BCUT2D eigenvalue weighted by molar-refractivity contribution is 7.99. The van der Waals surface area contributed by atoms with Crippen LogP contribution >= 0.6 is 23.4 Å². The first kappa shape index (κ1) is 16.8. The molecule has 22 heavy (non-hydrogen) atoms. The van der Waals surface area contributed by atoms with Crippen molar-refractivity contribution in [2.75, 3.05) is 18.8 Å². The number of hydrogen-bond acceptors (Lipinski definition) is 4. The Morgan fingerprint density at radius 3 is 2.59 bits per heavy atom. The standard InChI is InChI=1S/C15H17ClN2O3S/c16-11-3-1-2-4-12(11)22-10-7-13(19)17-8-9-18-14(20)5-6-15(18)21/h1-4H,5-10H2,(H,17,19). The number of carbonyl (C=O) groups is 3. The molecule has 7 heteroatoms. The molecule has 0 unspecified atom stereocenters. The molecule has 0 atom stereocenters. The summed E-state index contributed by atoms with van der Waals surface area (Å²) >= 11 is 7.56. The van der Waals surface area contributed by atoms with E-state index in [4.69, 9.17) is 11.6 Å². The van der Waals surface area contributed by atoms with Crippen molar-refractivity contribution in [3.8, 4) is 0 Å². The van der Waals surface area contributed by atoms with E-state index < -0.39 is 0 Å². The Balaban J connectivity index is 1.63. The molecule has 0 radical (unpaired) electrons. The van der Waals surface area contributed by atoms with Gasteiger partial charge in [-0.05, 0) is 12.1 Å². The summed E-state index contributed by atoms with van der Waals surface area (Å²) in [6, 6.07) is 7.49. The molecule has 5 nitrogen and oxygen atoms in total. The summed E-state index contributed by atoms with van der Waals surface area (Å²) in [6.07, 6.45) is 0.917. The first-order valence-electron chi connectivity index (χ1n) is 7.05. The minimum atomic E-state index is -0.159. The summed E-state index contributed by atoms with van der Waals surface area (Å²) in [5.41, 5.74) is 0. The summed E-state index contributed by atoms with van der Waals surface area (Å²) in [6.45, 7) is 0.550. The first-order valence-corrected chi connectivity index (χ1v) is 8.41. The first-order chi connectivity index (χ1) is 10.6. The van der Waals surface area contributed by atoms with Gasteiger partial charge in [0.15, 0.2) is 0 Å². The number of carbonyl (C=O) groups excluding carboxylic acids is 3. The predicted molar refractivity (Wildman–Crippen MR) is 85.8 cm³/mol. The highest BCUT2D eigenvalue weighted by Gasteiger charge is 2.28. The van der Waals surface area contributed by atoms with E-state index in [2.05, 4.69) is 5.32 Å². The van der Waals surface area contributed by atoms with E-state index in [0.717, 1.165) is 4.90 Å². The average Bonchev–Trinajstić information content (AvgIpc) is 2.81. The summed E-state index contributed by atoms with van der Waals surface area (Å²) in [7, 11) is 0. The van der Waals surface area contributed by atoms with Crippen molar-refractivity contribution in [3.63, 3.8) is 0 Å². The molecule has 2 rings (SSSR count). The van der Waals surface area contributed by atoms with Gasteiger partial charge in [0.1, 0.15) is 0 Å². The van der Waals surface area contributed by atoms with Crippen LogP contribution in [0.2, 0.25) is 5.02 Å². The van der Waals surface area contributed by atoms with Crippen molar-refractivity contribution in [1.82, 2.24) is 10.2 Å². The van der Waals surface area contributed by atoms with Crippen molar-refractivity contribution in [2.24, 2.45) is 0 Å². The monoisotopic (exact) mass is 340 g/mol. The van der Waals surface area contributed by atoms with Gasteiger partial charge in [-0.1, -0.05) is 23.7 Å². The largest absolute Gasteiger partial charge is 0.354 e.